The summed E-state index contributed by atoms with van der Waals surface area (Å²) in [6.07, 6.45) is 1.06. The molecule has 0 N–H and O–H groups in total. The van der Waals surface area contributed by atoms with Crippen molar-refractivity contribution in [1.82, 2.24) is 0 Å². The average Bonchev–Trinajstić information content (AvgIpc) is 2.60. The lowest BCUT2D eigenvalue weighted by atomic mass is 10.1. The van der Waals surface area contributed by atoms with Crippen LogP contribution in [0.5, 0.6) is 5.75 Å². The molecular formula is C18H16NO5PS. The molecule has 2 aromatic carbocycles. The molecule has 0 saturated carbocycles. The molecule has 134 valence electrons. The minimum atomic E-state index is -3.94. The minimum absolute atomic E-state index is 0.00922. The Morgan fingerprint density at radius 1 is 1.19 bits per heavy atom. The average molecular weight is 389 g/mol. The lowest BCUT2D eigenvalue weighted by molar-refractivity contribution is -0.205. The standard InChI is InChI=1S/C18H16NO5PS/c1-3-23-25(20)17(14-10-8-13(12-19)9-11-14)18(26(2,21)22)15-6-4-5-7-16(15)24-25/h4-11H,3H2,1-2H3. The van der Waals surface area contributed by atoms with Gasteiger partial charge in [0, 0.05) is 17.4 Å². The van der Waals surface area contributed by atoms with Crippen LogP contribution >= 0.6 is 7.94 Å². The van der Waals surface area contributed by atoms with E-state index in [4.69, 9.17) is 14.3 Å². The molecule has 6 nitrogen and oxygen atoms in total. The Hall–Kier alpha value is -2.23. The summed E-state index contributed by atoms with van der Waals surface area (Å²) < 4.78 is 36.3. The van der Waals surface area contributed by atoms with Gasteiger partial charge in [-0.3, -0.25) is 0 Å². The second-order valence-electron chi connectivity index (χ2n) is 5.64. The third-order valence-corrected chi connectivity index (χ3v) is 7.18. The summed E-state index contributed by atoms with van der Waals surface area (Å²) in [4.78, 5) is 13.4. The molecule has 0 fully saturated rings. The van der Waals surface area contributed by atoms with Crippen LogP contribution in [-0.2, 0) is 14.4 Å². The van der Waals surface area contributed by atoms with Crippen molar-refractivity contribution < 1.29 is 22.4 Å². The number of nitriles is 1. The molecule has 2 aromatic rings. The van der Waals surface area contributed by atoms with Gasteiger partial charge >= 0.3 is 7.94 Å². The number of sulfone groups is 1. The Balaban J connectivity index is 2.39. The van der Waals surface area contributed by atoms with Crippen LogP contribution in [0.4, 0.5) is 0 Å². The van der Waals surface area contributed by atoms with Crippen LogP contribution < -0.4 is 9.42 Å². The molecule has 3 rings (SSSR count). The van der Waals surface area contributed by atoms with Gasteiger partial charge in [-0.2, -0.15) is 9.79 Å². The Labute approximate surface area is 152 Å². The van der Waals surface area contributed by atoms with Gasteiger partial charge in [0.15, 0.2) is 20.9 Å². The molecule has 0 bridgehead atoms. The van der Waals surface area contributed by atoms with E-state index in [-0.39, 0.29) is 22.6 Å². The van der Waals surface area contributed by atoms with Crippen LogP contribution in [0.2, 0.25) is 0 Å². The molecule has 26 heavy (non-hydrogen) atoms. The second kappa shape index (κ2) is 6.82. The first-order valence-electron chi connectivity index (χ1n) is 7.79. The highest BCUT2D eigenvalue weighted by molar-refractivity contribution is 8.01. The van der Waals surface area contributed by atoms with Gasteiger partial charge in [0.05, 0.1) is 18.2 Å². The molecule has 0 amide bonds. The van der Waals surface area contributed by atoms with Gasteiger partial charge in [0.1, 0.15) is 4.91 Å². The van der Waals surface area contributed by atoms with Crippen LogP contribution in [0.3, 0.4) is 0 Å². The molecule has 1 unspecified atom stereocenters. The number of benzene rings is 2. The molecule has 0 spiro atoms. The summed E-state index contributed by atoms with van der Waals surface area (Å²) in [5, 5.41) is 8.97. The fourth-order valence-electron chi connectivity index (χ4n) is 2.79. The lowest BCUT2D eigenvalue weighted by Gasteiger charge is -2.34. The maximum atomic E-state index is 13.5. The zero-order valence-electron chi connectivity index (χ0n) is 14.2. The summed E-state index contributed by atoms with van der Waals surface area (Å²) >= 11 is 0. The van der Waals surface area contributed by atoms with Crippen molar-refractivity contribution in [3.63, 3.8) is 0 Å². The van der Waals surface area contributed by atoms with Crippen LogP contribution in [0.1, 0.15) is 23.6 Å². The third-order valence-electron chi connectivity index (χ3n) is 3.80. The second-order valence-corrected chi connectivity index (χ2v) is 9.48. The number of hydrogen-bond donors (Lipinski definition) is 0. The normalized spacial score (nSPS) is 19.5. The van der Waals surface area contributed by atoms with E-state index in [9.17, 15) is 13.3 Å². The smallest absolute Gasteiger partial charge is 0.320 e. The number of fused-ring (bicyclic) bond motifs is 1. The van der Waals surface area contributed by atoms with Gasteiger partial charge in [-0.05, 0) is 43.3 Å². The van der Waals surface area contributed by atoms with Crippen molar-refractivity contribution in [3.8, 4) is 11.8 Å². The van der Waals surface area contributed by atoms with Crippen molar-refractivity contribution in [2.45, 2.75) is 6.92 Å². The largest absolute Gasteiger partial charge is 0.620 e. The van der Waals surface area contributed by atoms with E-state index >= 15 is 0 Å². The SMILES string of the molecule is CCO[P+]1([O-])Oc2ccccc2C(S(C)(=O)=O)=C1c1ccc(C#N)cc1. The predicted molar refractivity (Wildman–Crippen MR) is 98.4 cm³/mol. The molecule has 1 heterocycles. The van der Waals surface area contributed by atoms with E-state index in [2.05, 4.69) is 0 Å². The summed E-state index contributed by atoms with van der Waals surface area (Å²) in [5.41, 5.74) is 1.11. The highest BCUT2D eigenvalue weighted by Crippen LogP contribution is 2.69. The molecule has 0 aliphatic carbocycles. The molecule has 8 heteroatoms. The van der Waals surface area contributed by atoms with Crippen LogP contribution in [0, 0.1) is 11.3 Å². The van der Waals surface area contributed by atoms with E-state index in [0.717, 1.165) is 6.26 Å². The van der Waals surface area contributed by atoms with E-state index in [1.165, 1.54) is 12.1 Å². The fraction of sp³-hybridized carbons (Fsp3) is 0.167. The molecule has 1 atom stereocenters. The molecular weight excluding hydrogens is 373 g/mol. The Bertz CT molecular complexity index is 1020. The van der Waals surface area contributed by atoms with Gasteiger partial charge in [-0.25, -0.2) is 8.42 Å². The maximum absolute atomic E-state index is 13.5. The zero-order valence-corrected chi connectivity index (χ0v) is 15.9. The molecule has 0 saturated heterocycles. The van der Waals surface area contributed by atoms with E-state index in [1.54, 1.807) is 43.3 Å². The topological polar surface area (TPSA) is 99.4 Å². The van der Waals surface area contributed by atoms with Crippen molar-refractivity contribution in [3.05, 3.63) is 65.2 Å². The van der Waals surface area contributed by atoms with Crippen molar-refractivity contribution in [2.75, 3.05) is 12.9 Å². The van der Waals surface area contributed by atoms with Gasteiger partial charge in [-0.1, -0.05) is 12.1 Å². The lowest BCUT2D eigenvalue weighted by Crippen LogP contribution is -2.25. The predicted octanol–water partition coefficient (Wildman–Crippen LogP) is 2.98. The van der Waals surface area contributed by atoms with Crippen molar-refractivity contribution in [2.24, 2.45) is 0 Å². The van der Waals surface area contributed by atoms with E-state index < -0.39 is 17.8 Å². The maximum Gasteiger partial charge on any atom is 0.320 e. The molecule has 1 aliphatic rings. The zero-order chi connectivity index (χ0) is 18.9. The molecule has 1 aliphatic heterocycles. The summed E-state index contributed by atoms with van der Waals surface area (Å²) in [6.45, 7) is 1.73. The quantitative estimate of drug-likeness (QED) is 0.746. The Kier molecular flexibility index (Phi) is 4.87. The first-order valence-corrected chi connectivity index (χ1v) is 11.2. The summed E-state index contributed by atoms with van der Waals surface area (Å²) in [5.74, 6) is 0.196. The number of rotatable bonds is 4. The number of nitrogens with zero attached hydrogens (tertiary/aromatic N) is 1. The van der Waals surface area contributed by atoms with Crippen LogP contribution in [-0.4, -0.2) is 21.3 Å². The molecule has 0 aromatic heterocycles. The Morgan fingerprint density at radius 2 is 1.85 bits per heavy atom. The van der Waals surface area contributed by atoms with Gasteiger partial charge in [-0.15, -0.1) is 0 Å². The highest BCUT2D eigenvalue weighted by Gasteiger charge is 2.48. The fourth-order valence-corrected chi connectivity index (χ4v) is 6.52. The number of hydrogen-bond acceptors (Lipinski definition) is 6. The van der Waals surface area contributed by atoms with Crippen LogP contribution in [0.15, 0.2) is 48.5 Å². The summed E-state index contributed by atoms with van der Waals surface area (Å²) in [6, 6.07) is 14.6. The van der Waals surface area contributed by atoms with Crippen LogP contribution in [0.25, 0.3) is 10.2 Å². The number of para-hydroxylation sites is 1. The minimum Gasteiger partial charge on any atom is -0.620 e. The highest BCUT2D eigenvalue weighted by atomic mass is 32.2. The van der Waals surface area contributed by atoms with E-state index in [0.29, 0.717) is 16.7 Å². The van der Waals surface area contributed by atoms with E-state index in [1.807, 2.05) is 6.07 Å². The first-order chi connectivity index (χ1) is 12.3. The van der Waals surface area contributed by atoms with Crippen molar-refractivity contribution >= 4 is 28.0 Å². The van der Waals surface area contributed by atoms with Gasteiger partial charge in [0.2, 0.25) is 0 Å². The molecule has 0 radical (unpaired) electrons. The first kappa shape index (κ1) is 18.6. The monoisotopic (exact) mass is 389 g/mol. The third kappa shape index (κ3) is 3.25. The Morgan fingerprint density at radius 3 is 2.42 bits per heavy atom. The summed E-state index contributed by atoms with van der Waals surface area (Å²) in [7, 11) is -7.70. The van der Waals surface area contributed by atoms with Gasteiger partial charge < -0.3 is 9.42 Å². The van der Waals surface area contributed by atoms with Crippen molar-refractivity contribution in [1.29, 1.82) is 5.26 Å². The van der Waals surface area contributed by atoms with Gasteiger partial charge in [0.25, 0.3) is 0 Å².